The highest BCUT2D eigenvalue weighted by molar-refractivity contribution is 4.43. The zero-order valence-corrected chi connectivity index (χ0v) is 14.3. The van der Waals surface area contributed by atoms with Crippen LogP contribution in [-0.4, -0.2) is 119 Å². The summed E-state index contributed by atoms with van der Waals surface area (Å²) in [4.78, 5) is 0. The molecule has 0 bridgehead atoms. The molecule has 0 aromatic heterocycles. The predicted molar refractivity (Wildman–Crippen MR) is 85.3 cm³/mol. The maximum absolute atomic E-state index is 8.74. The molecule has 0 atom stereocenters. The summed E-state index contributed by atoms with van der Waals surface area (Å²) in [7, 11) is 2.11. The first-order valence-corrected chi connectivity index (χ1v) is 8.15. The summed E-state index contributed by atoms with van der Waals surface area (Å²) in [5.41, 5.74) is 0. The first-order valence-electron chi connectivity index (χ1n) is 8.15. The molecule has 0 aliphatic heterocycles. The second-order valence-corrected chi connectivity index (χ2v) is 5.41. The van der Waals surface area contributed by atoms with Gasteiger partial charge in [0.1, 0.15) is 19.6 Å². The van der Waals surface area contributed by atoms with Crippen molar-refractivity contribution in [2.75, 3.05) is 99.4 Å². The van der Waals surface area contributed by atoms with Crippen LogP contribution in [0.15, 0.2) is 0 Å². The van der Waals surface area contributed by atoms with E-state index in [1.807, 2.05) is 0 Å². The summed E-state index contributed by atoms with van der Waals surface area (Å²) < 4.78 is 22.1. The van der Waals surface area contributed by atoms with Gasteiger partial charge >= 0.3 is 0 Å². The van der Waals surface area contributed by atoms with Gasteiger partial charge < -0.3 is 38.8 Å². The molecule has 0 rings (SSSR count). The zero-order chi connectivity index (χ0) is 17.2. The topological polar surface area (TPSA) is 97.6 Å². The molecule has 0 aromatic carbocycles. The van der Waals surface area contributed by atoms with Gasteiger partial charge in [0.25, 0.3) is 0 Å². The van der Waals surface area contributed by atoms with Crippen molar-refractivity contribution in [2.24, 2.45) is 0 Å². The highest BCUT2D eigenvalue weighted by atomic mass is 16.5. The third-order valence-electron chi connectivity index (χ3n) is 3.41. The fourth-order valence-electron chi connectivity index (χ4n) is 1.91. The number of aliphatic hydroxyl groups excluding tert-OH is 3. The van der Waals surface area contributed by atoms with Crippen molar-refractivity contribution in [2.45, 2.75) is 0 Å². The molecule has 0 aromatic rings. The molecular weight excluding hydrogens is 306 g/mol. The fourth-order valence-corrected chi connectivity index (χ4v) is 1.91. The Hall–Kier alpha value is -0.320. The number of nitrogens with zero attached hydrogens (tertiary/aromatic N) is 1. The molecule has 0 radical (unpaired) electrons. The summed E-state index contributed by atoms with van der Waals surface area (Å²) in [5, 5.41) is 26.1. The molecule has 8 heteroatoms. The average Bonchev–Trinajstić information content (AvgIpc) is 2.55. The minimum absolute atomic E-state index is 0.0244. The van der Waals surface area contributed by atoms with E-state index in [4.69, 9.17) is 34.3 Å². The lowest BCUT2D eigenvalue weighted by molar-refractivity contribution is -0.910. The van der Waals surface area contributed by atoms with Crippen LogP contribution < -0.4 is 0 Å². The van der Waals surface area contributed by atoms with E-state index in [9.17, 15) is 0 Å². The van der Waals surface area contributed by atoms with E-state index in [-0.39, 0.29) is 19.8 Å². The summed E-state index contributed by atoms with van der Waals surface area (Å²) in [6.07, 6.45) is 0. The highest BCUT2D eigenvalue weighted by Gasteiger charge is 2.21. The third kappa shape index (κ3) is 15.0. The van der Waals surface area contributed by atoms with E-state index in [0.717, 1.165) is 24.1 Å². The molecule has 0 aliphatic rings. The maximum Gasteiger partial charge on any atom is 0.102 e. The summed E-state index contributed by atoms with van der Waals surface area (Å²) in [6, 6.07) is 0. The number of aliphatic hydroxyl groups is 3. The van der Waals surface area contributed by atoms with Crippen molar-refractivity contribution in [3.05, 3.63) is 0 Å². The van der Waals surface area contributed by atoms with Crippen LogP contribution in [0.1, 0.15) is 0 Å². The fraction of sp³-hybridized carbons (Fsp3) is 1.00. The Balaban J connectivity index is 3.94. The lowest BCUT2D eigenvalue weighted by Crippen LogP contribution is -2.50. The minimum atomic E-state index is 0.0244. The zero-order valence-electron chi connectivity index (χ0n) is 14.3. The Morgan fingerprint density at radius 1 is 0.522 bits per heavy atom. The number of likely N-dealkylation sites (N-methyl/N-ethyl adjacent to an activating group) is 1. The lowest BCUT2D eigenvalue weighted by Gasteiger charge is -2.34. The molecule has 23 heavy (non-hydrogen) atoms. The Bertz CT molecular complexity index is 232. The van der Waals surface area contributed by atoms with Crippen LogP contribution in [-0.2, 0) is 18.9 Å². The van der Waals surface area contributed by atoms with E-state index in [1.54, 1.807) is 0 Å². The third-order valence-corrected chi connectivity index (χ3v) is 3.41. The van der Waals surface area contributed by atoms with Crippen LogP contribution in [0.5, 0.6) is 0 Å². The number of ether oxygens (including phenoxy) is 4. The number of hydrogen-bond donors (Lipinski definition) is 3. The average molecular weight is 340 g/mol. The molecule has 0 unspecified atom stereocenters. The van der Waals surface area contributed by atoms with E-state index in [2.05, 4.69) is 7.05 Å². The van der Waals surface area contributed by atoms with Gasteiger partial charge in [0, 0.05) is 0 Å². The molecule has 0 amide bonds. The van der Waals surface area contributed by atoms with E-state index in [0.29, 0.717) is 52.9 Å². The Kier molecular flexibility index (Phi) is 16.3. The van der Waals surface area contributed by atoms with Gasteiger partial charge in [0.15, 0.2) is 0 Å². The second-order valence-electron chi connectivity index (χ2n) is 5.41. The van der Waals surface area contributed by atoms with Crippen molar-refractivity contribution in [1.82, 2.24) is 0 Å². The largest absolute Gasteiger partial charge is 0.394 e. The van der Waals surface area contributed by atoms with Crippen molar-refractivity contribution in [1.29, 1.82) is 0 Å². The van der Waals surface area contributed by atoms with Crippen LogP contribution >= 0.6 is 0 Å². The van der Waals surface area contributed by atoms with Gasteiger partial charge in [-0.2, -0.15) is 0 Å². The first-order chi connectivity index (χ1) is 11.2. The van der Waals surface area contributed by atoms with Gasteiger partial charge in [-0.3, -0.25) is 0 Å². The summed E-state index contributed by atoms with van der Waals surface area (Å²) >= 11 is 0. The normalized spacial score (nSPS) is 12.0. The number of quaternary nitrogens is 1. The van der Waals surface area contributed by atoms with E-state index in [1.165, 1.54) is 0 Å². The molecular formula is C15H34NO7+. The van der Waals surface area contributed by atoms with Gasteiger partial charge in [-0.15, -0.1) is 0 Å². The van der Waals surface area contributed by atoms with E-state index >= 15 is 0 Å². The van der Waals surface area contributed by atoms with Crippen molar-refractivity contribution in [3.8, 4) is 0 Å². The molecule has 0 heterocycles. The summed E-state index contributed by atoms with van der Waals surface area (Å²) in [5.74, 6) is 0. The molecule has 0 aliphatic carbocycles. The lowest BCUT2D eigenvalue weighted by atomic mass is 10.3. The molecule has 0 saturated heterocycles. The van der Waals surface area contributed by atoms with Crippen LogP contribution in [0.2, 0.25) is 0 Å². The van der Waals surface area contributed by atoms with Gasteiger partial charge in [0.05, 0.1) is 79.7 Å². The van der Waals surface area contributed by atoms with Crippen LogP contribution in [0.4, 0.5) is 0 Å². The van der Waals surface area contributed by atoms with E-state index < -0.39 is 0 Å². The number of rotatable bonds is 18. The quantitative estimate of drug-likeness (QED) is 0.206. The molecule has 140 valence electrons. The van der Waals surface area contributed by atoms with Crippen molar-refractivity contribution in [3.63, 3.8) is 0 Å². The number of hydrogen-bond acceptors (Lipinski definition) is 7. The molecule has 3 N–H and O–H groups in total. The maximum atomic E-state index is 8.74. The standard InChI is InChI=1S/C15H34NO7/c1-16(2-8-20-11-5-17,3-9-21-12-6-18)4-10-22-14-15-23-13-7-19/h17-19H,2-15H2,1H3/q+1. The van der Waals surface area contributed by atoms with Gasteiger partial charge in [0.2, 0.25) is 0 Å². The van der Waals surface area contributed by atoms with Crippen LogP contribution in [0, 0.1) is 0 Å². The molecule has 0 saturated carbocycles. The molecule has 0 spiro atoms. The molecule has 8 nitrogen and oxygen atoms in total. The van der Waals surface area contributed by atoms with Gasteiger partial charge in [-0.25, -0.2) is 0 Å². The Morgan fingerprint density at radius 2 is 0.826 bits per heavy atom. The summed E-state index contributed by atoms with van der Waals surface area (Å²) in [6.45, 7) is 6.22. The Labute approximate surface area is 139 Å². The molecule has 0 fully saturated rings. The van der Waals surface area contributed by atoms with Gasteiger partial charge in [-0.1, -0.05) is 0 Å². The SMILES string of the molecule is C[N+](CCOCCO)(CCOCCO)CCOCCOCCO. The highest BCUT2D eigenvalue weighted by Crippen LogP contribution is 2.03. The second kappa shape index (κ2) is 16.5. The van der Waals surface area contributed by atoms with Gasteiger partial charge in [-0.05, 0) is 0 Å². The van der Waals surface area contributed by atoms with Crippen molar-refractivity contribution >= 4 is 0 Å². The smallest absolute Gasteiger partial charge is 0.102 e. The first kappa shape index (κ1) is 22.7. The monoisotopic (exact) mass is 340 g/mol. The predicted octanol–water partition coefficient (Wildman–Crippen LogP) is -1.52. The van der Waals surface area contributed by atoms with Crippen LogP contribution in [0.25, 0.3) is 0 Å². The Morgan fingerprint density at radius 3 is 1.17 bits per heavy atom. The van der Waals surface area contributed by atoms with Crippen LogP contribution in [0.3, 0.4) is 0 Å². The minimum Gasteiger partial charge on any atom is -0.394 e. The van der Waals surface area contributed by atoms with Crippen molar-refractivity contribution < 1.29 is 38.8 Å².